The average molecular weight is 634 g/mol. The number of amides is 2. The SMILES string of the molecule is CB(O)N1CCN(C(C)(C)C)CC1C(=O)N1CCN(C(=O)Cc2nc(C)c(Cl)s2)C(CCOC(=O)Oc2ccccc2)C1. The van der Waals surface area contributed by atoms with Crippen molar-refractivity contribution in [1.29, 1.82) is 0 Å². The third kappa shape index (κ3) is 8.69. The smallest absolute Gasteiger partial charge is 0.437 e. The number of thiazole rings is 1. The topological polar surface area (TPSA) is 116 Å². The molecule has 2 aliphatic heterocycles. The fourth-order valence-corrected chi connectivity index (χ4v) is 6.63. The van der Waals surface area contributed by atoms with Crippen molar-refractivity contribution < 1.29 is 28.9 Å². The van der Waals surface area contributed by atoms with Crippen molar-refractivity contribution in [2.45, 2.75) is 65.0 Å². The van der Waals surface area contributed by atoms with Gasteiger partial charge in [0.2, 0.25) is 11.8 Å². The molecule has 2 amide bonds. The van der Waals surface area contributed by atoms with E-state index in [0.717, 1.165) is 6.54 Å². The van der Waals surface area contributed by atoms with Gasteiger partial charge in [0.25, 0.3) is 0 Å². The highest BCUT2D eigenvalue weighted by atomic mass is 35.5. The zero-order chi connectivity index (χ0) is 31.3. The van der Waals surface area contributed by atoms with Gasteiger partial charge in [0, 0.05) is 51.2 Å². The van der Waals surface area contributed by atoms with E-state index in [9.17, 15) is 19.4 Å². The van der Waals surface area contributed by atoms with E-state index in [-0.39, 0.29) is 36.9 Å². The van der Waals surface area contributed by atoms with Crippen LogP contribution in [0.2, 0.25) is 11.2 Å². The molecule has 43 heavy (non-hydrogen) atoms. The van der Waals surface area contributed by atoms with Crippen LogP contribution in [0.5, 0.6) is 5.75 Å². The zero-order valence-electron chi connectivity index (χ0n) is 25.5. The zero-order valence-corrected chi connectivity index (χ0v) is 27.1. The molecule has 1 aromatic carbocycles. The molecule has 14 heteroatoms. The van der Waals surface area contributed by atoms with Crippen molar-refractivity contribution >= 4 is 48.0 Å². The molecule has 234 valence electrons. The number of hydrogen-bond donors (Lipinski definition) is 1. The highest BCUT2D eigenvalue weighted by molar-refractivity contribution is 7.16. The van der Waals surface area contributed by atoms with E-state index in [1.54, 1.807) is 47.8 Å². The number of aromatic nitrogens is 1. The van der Waals surface area contributed by atoms with Gasteiger partial charge >= 0.3 is 13.2 Å². The number of rotatable bonds is 8. The first-order valence-corrected chi connectivity index (χ1v) is 15.8. The van der Waals surface area contributed by atoms with Gasteiger partial charge in [-0.1, -0.05) is 29.8 Å². The second kappa shape index (κ2) is 14.4. The Balaban J connectivity index is 1.46. The third-order valence-corrected chi connectivity index (χ3v) is 9.40. The standard InChI is InChI=1S/C29H41BClN5O6S/c1-20-26(31)43-24(32-20)17-25(37)35-14-12-33(18-21(35)11-16-41-28(39)42-22-9-7-6-8-10-22)27(38)23-19-34(29(2,3)4)13-15-36(23)30(5)40/h6-10,21,23,40H,11-19H2,1-5H3. The quantitative estimate of drug-likeness (QED) is 0.266. The Morgan fingerprint density at radius 1 is 1.12 bits per heavy atom. The van der Waals surface area contributed by atoms with Crippen molar-refractivity contribution in [3.63, 3.8) is 0 Å². The Morgan fingerprint density at radius 3 is 2.47 bits per heavy atom. The normalized spacial score (nSPS) is 20.2. The molecule has 0 bridgehead atoms. The molecule has 4 rings (SSSR count). The van der Waals surface area contributed by atoms with Crippen LogP contribution in [0.1, 0.15) is 37.9 Å². The number of carbonyl (C=O) groups excluding carboxylic acids is 3. The van der Waals surface area contributed by atoms with Crippen LogP contribution < -0.4 is 4.74 Å². The molecule has 2 aromatic rings. The van der Waals surface area contributed by atoms with Crippen molar-refractivity contribution in [1.82, 2.24) is 24.5 Å². The lowest BCUT2D eigenvalue weighted by molar-refractivity contribution is -0.147. The summed E-state index contributed by atoms with van der Waals surface area (Å²) in [6, 6.07) is 7.71. The van der Waals surface area contributed by atoms with Crippen LogP contribution >= 0.6 is 22.9 Å². The van der Waals surface area contributed by atoms with E-state index in [1.165, 1.54) is 11.3 Å². The summed E-state index contributed by atoms with van der Waals surface area (Å²) in [7, 11) is -0.771. The molecule has 2 saturated heterocycles. The molecular formula is C29H41BClN5O6S. The molecule has 1 aromatic heterocycles. The van der Waals surface area contributed by atoms with Gasteiger partial charge in [-0.15, -0.1) is 11.3 Å². The van der Waals surface area contributed by atoms with Gasteiger partial charge in [-0.3, -0.25) is 14.5 Å². The summed E-state index contributed by atoms with van der Waals surface area (Å²) in [4.78, 5) is 51.8. The second-order valence-electron chi connectivity index (χ2n) is 12.0. The summed E-state index contributed by atoms with van der Waals surface area (Å²) in [5.74, 6) is 0.158. The van der Waals surface area contributed by atoms with Gasteiger partial charge in [0.05, 0.1) is 30.8 Å². The number of hydrogen-bond acceptors (Lipinski definition) is 10. The maximum atomic E-state index is 14.0. The lowest BCUT2D eigenvalue weighted by Crippen LogP contribution is -2.67. The highest BCUT2D eigenvalue weighted by Crippen LogP contribution is 2.26. The first-order chi connectivity index (χ1) is 20.3. The van der Waals surface area contributed by atoms with Crippen LogP contribution in [0.3, 0.4) is 0 Å². The van der Waals surface area contributed by atoms with Gasteiger partial charge in [0.1, 0.15) is 15.1 Å². The molecule has 2 unspecified atom stereocenters. The van der Waals surface area contributed by atoms with E-state index >= 15 is 0 Å². The minimum atomic E-state index is -0.835. The number of halogens is 1. The van der Waals surface area contributed by atoms with Gasteiger partial charge in [0.15, 0.2) is 0 Å². The molecule has 0 aliphatic carbocycles. The number of piperazine rings is 2. The lowest BCUT2D eigenvalue weighted by atomic mass is 9.81. The number of benzene rings is 1. The maximum Gasteiger partial charge on any atom is 0.513 e. The summed E-state index contributed by atoms with van der Waals surface area (Å²) < 4.78 is 11.1. The number of carbonyl (C=O) groups is 3. The van der Waals surface area contributed by atoms with Crippen molar-refractivity contribution in [2.24, 2.45) is 0 Å². The summed E-state index contributed by atoms with van der Waals surface area (Å²) >= 11 is 7.47. The Hall–Kier alpha value is -2.71. The van der Waals surface area contributed by atoms with E-state index < -0.39 is 25.3 Å². The van der Waals surface area contributed by atoms with Crippen LogP contribution in [0, 0.1) is 6.92 Å². The summed E-state index contributed by atoms with van der Waals surface area (Å²) in [6.07, 6.45) is -0.424. The molecule has 0 spiro atoms. The molecule has 3 heterocycles. The molecule has 2 atom stereocenters. The van der Waals surface area contributed by atoms with E-state index in [2.05, 4.69) is 30.7 Å². The van der Waals surface area contributed by atoms with E-state index in [1.807, 2.05) is 10.9 Å². The number of ether oxygens (including phenoxy) is 2. The summed E-state index contributed by atoms with van der Waals surface area (Å²) in [6.45, 7) is 12.6. The third-order valence-electron chi connectivity index (χ3n) is 7.95. The molecule has 0 radical (unpaired) electrons. The monoisotopic (exact) mass is 633 g/mol. The van der Waals surface area contributed by atoms with Crippen LogP contribution in [-0.2, 0) is 20.7 Å². The number of para-hydroxylation sites is 1. The maximum absolute atomic E-state index is 14.0. The number of nitrogens with zero attached hydrogens (tertiary/aromatic N) is 5. The molecule has 2 aliphatic rings. The minimum absolute atomic E-state index is 0.00532. The average Bonchev–Trinajstić information content (AvgIpc) is 3.27. The predicted molar refractivity (Wildman–Crippen MR) is 166 cm³/mol. The molecule has 1 N–H and O–H groups in total. The van der Waals surface area contributed by atoms with Crippen LogP contribution in [0.25, 0.3) is 0 Å². The summed E-state index contributed by atoms with van der Waals surface area (Å²) in [5, 5.41) is 11.1. The first kappa shape index (κ1) is 33.2. The molecule has 0 saturated carbocycles. The van der Waals surface area contributed by atoms with Crippen LogP contribution in [0.4, 0.5) is 4.79 Å². The van der Waals surface area contributed by atoms with Crippen molar-refractivity contribution in [3.05, 3.63) is 45.4 Å². The van der Waals surface area contributed by atoms with Crippen molar-refractivity contribution in [2.75, 3.05) is 45.9 Å². The largest absolute Gasteiger partial charge is 0.513 e. The fourth-order valence-electron chi connectivity index (χ4n) is 5.55. The summed E-state index contributed by atoms with van der Waals surface area (Å²) in [5.41, 5.74) is 0.561. The Labute approximate surface area is 262 Å². The first-order valence-electron chi connectivity index (χ1n) is 14.6. The van der Waals surface area contributed by atoms with Gasteiger partial charge < -0.3 is 29.1 Å². The predicted octanol–water partition coefficient (Wildman–Crippen LogP) is 3.19. The lowest BCUT2D eigenvalue weighted by Gasteiger charge is -2.49. The molecule has 11 nitrogen and oxygen atoms in total. The Kier molecular flexibility index (Phi) is 11.1. The molecular weight excluding hydrogens is 593 g/mol. The van der Waals surface area contributed by atoms with Gasteiger partial charge in [-0.25, -0.2) is 9.78 Å². The Morgan fingerprint density at radius 2 is 1.84 bits per heavy atom. The van der Waals surface area contributed by atoms with Crippen LogP contribution in [0.15, 0.2) is 30.3 Å². The minimum Gasteiger partial charge on any atom is -0.437 e. The van der Waals surface area contributed by atoms with Gasteiger partial charge in [-0.2, -0.15) is 0 Å². The van der Waals surface area contributed by atoms with E-state index in [4.69, 9.17) is 21.1 Å². The fraction of sp³-hybridized carbons (Fsp3) is 0.586. The second-order valence-corrected chi connectivity index (χ2v) is 13.7. The van der Waals surface area contributed by atoms with Gasteiger partial charge in [-0.05, 0) is 46.7 Å². The van der Waals surface area contributed by atoms with Crippen LogP contribution in [-0.4, -0.2) is 118 Å². The molecule has 2 fully saturated rings. The Bertz CT molecular complexity index is 1260. The van der Waals surface area contributed by atoms with E-state index in [0.29, 0.717) is 53.4 Å². The highest BCUT2D eigenvalue weighted by Gasteiger charge is 2.42. The number of aryl methyl sites for hydroxylation is 1. The van der Waals surface area contributed by atoms with Crippen molar-refractivity contribution in [3.8, 4) is 5.75 Å².